The zero-order valence-corrected chi connectivity index (χ0v) is 18.8. The molecule has 9 heteroatoms. The fraction of sp³-hybridized carbons (Fsp3) is 0.391. The molecule has 0 radical (unpaired) electrons. The van der Waals surface area contributed by atoms with E-state index in [1.807, 2.05) is 6.92 Å². The summed E-state index contributed by atoms with van der Waals surface area (Å²) >= 11 is 0. The quantitative estimate of drug-likeness (QED) is 0.503. The summed E-state index contributed by atoms with van der Waals surface area (Å²) in [7, 11) is -3.68. The molecular formula is C23H26N2O6S. The molecule has 0 bridgehead atoms. The molecule has 0 aliphatic carbocycles. The van der Waals surface area contributed by atoms with E-state index in [-0.39, 0.29) is 22.8 Å². The van der Waals surface area contributed by atoms with Gasteiger partial charge in [-0.3, -0.25) is 9.36 Å². The van der Waals surface area contributed by atoms with Gasteiger partial charge in [-0.2, -0.15) is 4.31 Å². The van der Waals surface area contributed by atoms with Gasteiger partial charge in [-0.1, -0.05) is 25.0 Å². The van der Waals surface area contributed by atoms with E-state index in [2.05, 4.69) is 0 Å². The van der Waals surface area contributed by atoms with Crippen LogP contribution in [-0.2, 0) is 16.6 Å². The third-order valence-electron chi connectivity index (χ3n) is 5.61. The van der Waals surface area contributed by atoms with Gasteiger partial charge in [0.25, 0.3) is 0 Å². The van der Waals surface area contributed by atoms with Crippen LogP contribution in [0.2, 0.25) is 0 Å². The maximum Gasteiger partial charge on any atom is 0.420 e. The molecule has 4 rings (SSSR count). The number of sulfonamides is 1. The smallest absolute Gasteiger partial charge is 0.420 e. The molecule has 0 atom stereocenters. The molecule has 0 spiro atoms. The van der Waals surface area contributed by atoms with E-state index in [1.165, 1.54) is 27.1 Å². The summed E-state index contributed by atoms with van der Waals surface area (Å²) in [6.07, 6.45) is 3.70. The Kier molecular flexibility index (Phi) is 6.48. The van der Waals surface area contributed by atoms with E-state index < -0.39 is 15.8 Å². The Labute approximate surface area is 186 Å². The SMILES string of the molecule is CCOc1cccc(C(=O)Cn2c(=O)oc3cc(S(=O)(=O)N4CCCCCC4)ccc32)c1. The van der Waals surface area contributed by atoms with Crippen molar-refractivity contribution < 1.29 is 22.4 Å². The molecular weight excluding hydrogens is 432 g/mol. The third kappa shape index (κ3) is 4.49. The average molecular weight is 459 g/mol. The van der Waals surface area contributed by atoms with Crippen LogP contribution in [0, 0.1) is 0 Å². The Hall–Kier alpha value is -2.91. The first-order valence-electron chi connectivity index (χ1n) is 10.8. The van der Waals surface area contributed by atoms with Gasteiger partial charge in [0.1, 0.15) is 5.75 Å². The van der Waals surface area contributed by atoms with Gasteiger partial charge >= 0.3 is 5.76 Å². The van der Waals surface area contributed by atoms with Crippen LogP contribution >= 0.6 is 0 Å². The van der Waals surface area contributed by atoms with Crippen LogP contribution in [-0.4, -0.2) is 42.8 Å². The Morgan fingerprint density at radius 3 is 2.53 bits per heavy atom. The summed E-state index contributed by atoms with van der Waals surface area (Å²) < 4.78 is 39.5. The van der Waals surface area contributed by atoms with Crippen LogP contribution in [0.15, 0.2) is 56.6 Å². The maximum absolute atomic E-state index is 13.1. The number of carbonyl (C=O) groups is 1. The van der Waals surface area contributed by atoms with Crippen molar-refractivity contribution in [2.75, 3.05) is 19.7 Å². The van der Waals surface area contributed by atoms with Crippen molar-refractivity contribution in [3.63, 3.8) is 0 Å². The number of hydrogen-bond donors (Lipinski definition) is 0. The number of oxazole rings is 1. The first kappa shape index (κ1) is 22.3. The minimum atomic E-state index is -3.68. The summed E-state index contributed by atoms with van der Waals surface area (Å²) in [6.45, 7) is 3.08. The summed E-state index contributed by atoms with van der Waals surface area (Å²) in [6, 6.07) is 11.1. The van der Waals surface area contributed by atoms with Crippen molar-refractivity contribution in [2.45, 2.75) is 44.0 Å². The Morgan fingerprint density at radius 1 is 1.06 bits per heavy atom. The summed E-state index contributed by atoms with van der Waals surface area (Å²) in [4.78, 5) is 25.3. The van der Waals surface area contributed by atoms with Gasteiger partial charge in [0.05, 0.1) is 23.6 Å². The number of benzene rings is 2. The van der Waals surface area contributed by atoms with E-state index in [9.17, 15) is 18.0 Å². The number of nitrogens with zero attached hydrogens (tertiary/aromatic N) is 2. The minimum absolute atomic E-state index is 0.0866. The molecule has 32 heavy (non-hydrogen) atoms. The highest BCUT2D eigenvalue weighted by Crippen LogP contribution is 2.24. The highest BCUT2D eigenvalue weighted by Gasteiger charge is 2.26. The molecule has 170 valence electrons. The van der Waals surface area contributed by atoms with E-state index in [0.717, 1.165) is 25.7 Å². The second-order valence-electron chi connectivity index (χ2n) is 7.79. The van der Waals surface area contributed by atoms with Gasteiger partial charge in [0, 0.05) is 24.7 Å². The second-order valence-corrected chi connectivity index (χ2v) is 9.72. The van der Waals surface area contributed by atoms with Crippen LogP contribution in [0.5, 0.6) is 5.75 Å². The molecule has 8 nitrogen and oxygen atoms in total. The van der Waals surface area contributed by atoms with E-state index >= 15 is 0 Å². The van der Waals surface area contributed by atoms with E-state index in [4.69, 9.17) is 9.15 Å². The first-order chi connectivity index (χ1) is 15.4. The molecule has 2 aromatic carbocycles. The number of ketones is 1. The third-order valence-corrected chi connectivity index (χ3v) is 7.51. The molecule has 1 saturated heterocycles. The highest BCUT2D eigenvalue weighted by atomic mass is 32.2. The van der Waals surface area contributed by atoms with Gasteiger partial charge in [0.2, 0.25) is 10.0 Å². The second kappa shape index (κ2) is 9.30. The van der Waals surface area contributed by atoms with Gasteiger partial charge < -0.3 is 9.15 Å². The lowest BCUT2D eigenvalue weighted by Crippen LogP contribution is -2.31. The Balaban J connectivity index is 1.62. The van der Waals surface area contributed by atoms with Gasteiger partial charge in [0.15, 0.2) is 11.4 Å². The van der Waals surface area contributed by atoms with Crippen LogP contribution < -0.4 is 10.5 Å². The Morgan fingerprint density at radius 2 is 1.81 bits per heavy atom. The summed E-state index contributed by atoms with van der Waals surface area (Å²) in [5, 5.41) is 0. The van der Waals surface area contributed by atoms with Crippen LogP contribution in [0.4, 0.5) is 0 Å². The van der Waals surface area contributed by atoms with E-state index in [1.54, 1.807) is 24.3 Å². The van der Waals surface area contributed by atoms with E-state index in [0.29, 0.717) is 36.5 Å². The number of rotatable bonds is 7. The lowest BCUT2D eigenvalue weighted by atomic mass is 10.1. The minimum Gasteiger partial charge on any atom is -0.494 e. The molecule has 0 N–H and O–H groups in total. The molecule has 1 aliphatic rings. The van der Waals surface area contributed by atoms with Crippen molar-refractivity contribution >= 4 is 26.9 Å². The normalized spacial score (nSPS) is 15.5. The van der Waals surface area contributed by atoms with Gasteiger partial charge in [-0.15, -0.1) is 0 Å². The Bertz CT molecular complexity index is 1280. The van der Waals surface area contributed by atoms with Gasteiger partial charge in [-0.25, -0.2) is 13.2 Å². The molecule has 2 heterocycles. The van der Waals surface area contributed by atoms with Crippen molar-refractivity contribution in [1.82, 2.24) is 8.87 Å². The van der Waals surface area contributed by atoms with Crippen LogP contribution in [0.3, 0.4) is 0 Å². The highest BCUT2D eigenvalue weighted by molar-refractivity contribution is 7.89. The maximum atomic E-state index is 13.1. The number of carbonyl (C=O) groups excluding carboxylic acids is 1. The van der Waals surface area contributed by atoms with Crippen molar-refractivity contribution in [3.8, 4) is 5.75 Å². The van der Waals surface area contributed by atoms with Gasteiger partial charge in [-0.05, 0) is 44.0 Å². The van der Waals surface area contributed by atoms with Crippen molar-refractivity contribution in [3.05, 3.63) is 58.6 Å². The van der Waals surface area contributed by atoms with Crippen molar-refractivity contribution in [1.29, 1.82) is 0 Å². The molecule has 0 saturated carbocycles. The topological polar surface area (TPSA) is 98.8 Å². The number of hydrogen-bond acceptors (Lipinski definition) is 6. The molecule has 0 unspecified atom stereocenters. The fourth-order valence-corrected chi connectivity index (χ4v) is 5.48. The predicted molar refractivity (Wildman–Crippen MR) is 120 cm³/mol. The zero-order valence-electron chi connectivity index (χ0n) is 18.0. The number of fused-ring (bicyclic) bond motifs is 1. The standard InChI is InChI=1S/C23H26N2O6S/c1-2-30-18-9-7-8-17(14-18)21(26)16-25-20-11-10-19(15-22(20)31-23(25)27)32(28,29)24-12-5-3-4-6-13-24/h7-11,14-15H,2-6,12-13,16H2,1H3. The monoisotopic (exact) mass is 458 g/mol. The van der Waals surface area contributed by atoms with Crippen molar-refractivity contribution in [2.24, 2.45) is 0 Å². The lowest BCUT2D eigenvalue weighted by Gasteiger charge is -2.19. The molecule has 3 aromatic rings. The van der Waals surface area contributed by atoms with Crippen LogP contribution in [0.1, 0.15) is 43.0 Å². The number of ether oxygens (including phenoxy) is 1. The average Bonchev–Trinajstić information content (AvgIpc) is 2.95. The zero-order chi connectivity index (χ0) is 22.7. The molecule has 1 aliphatic heterocycles. The number of Topliss-reactive ketones (excluding diaryl/α,β-unsaturated/α-hetero) is 1. The molecule has 1 aromatic heterocycles. The fourth-order valence-electron chi connectivity index (χ4n) is 3.95. The summed E-state index contributed by atoms with van der Waals surface area (Å²) in [5.74, 6) is -0.414. The molecule has 1 fully saturated rings. The predicted octanol–water partition coefficient (Wildman–Crippen LogP) is 3.44. The summed E-state index contributed by atoms with van der Waals surface area (Å²) in [5.41, 5.74) is 0.929. The first-order valence-corrected chi connectivity index (χ1v) is 12.2. The van der Waals surface area contributed by atoms with Crippen LogP contribution in [0.25, 0.3) is 11.1 Å². The number of aromatic nitrogens is 1. The largest absolute Gasteiger partial charge is 0.494 e. The lowest BCUT2D eigenvalue weighted by molar-refractivity contribution is 0.0970. The molecule has 0 amide bonds.